The molecule has 0 heterocycles. The number of hydrogen-bond acceptors (Lipinski definition) is 0. The van der Waals surface area contributed by atoms with Gasteiger partial charge in [0.1, 0.15) is 11.7 Å². The summed E-state index contributed by atoms with van der Waals surface area (Å²) in [5.41, 5.74) is 0. The van der Waals surface area contributed by atoms with Crippen molar-refractivity contribution in [3.05, 3.63) is 23.6 Å². The molecule has 0 amide bonds. The molecule has 0 radical (unpaired) electrons. The third-order valence-electron chi connectivity index (χ3n) is 1.18. The monoisotopic (exact) mass is 152 g/mol. The van der Waals surface area contributed by atoms with Crippen LogP contribution in [0.25, 0.3) is 0 Å². The van der Waals surface area contributed by atoms with Crippen molar-refractivity contribution in [3.8, 4) is 0 Å². The van der Waals surface area contributed by atoms with Crippen LogP contribution in [-0.4, -0.2) is 6.17 Å². The lowest BCUT2D eigenvalue weighted by atomic mass is 10.1. The molecule has 0 spiro atoms. The van der Waals surface area contributed by atoms with Crippen LogP contribution in [0, 0.1) is 0 Å². The Hall–Kier alpha value is -0.800. The zero-order chi connectivity index (χ0) is 7.72. The SMILES string of the molecule is FC1=CC(F)=C(F)C[C@H]1F. The van der Waals surface area contributed by atoms with Gasteiger partial charge in [0.05, 0.1) is 0 Å². The highest BCUT2D eigenvalue weighted by Crippen LogP contribution is 2.28. The summed E-state index contributed by atoms with van der Waals surface area (Å²) < 4.78 is 48.2. The average Bonchev–Trinajstić information content (AvgIpc) is 1.84. The molecular formula is C6H4F4. The lowest BCUT2D eigenvalue weighted by Crippen LogP contribution is -2.06. The quantitative estimate of drug-likeness (QED) is 0.468. The summed E-state index contributed by atoms with van der Waals surface area (Å²) in [6, 6.07) is 0. The first-order chi connectivity index (χ1) is 4.61. The molecule has 0 fully saturated rings. The molecule has 0 N–H and O–H groups in total. The molecule has 0 aromatic heterocycles. The number of hydrogen-bond donors (Lipinski definition) is 0. The van der Waals surface area contributed by atoms with E-state index < -0.39 is 30.1 Å². The fourth-order valence-electron chi connectivity index (χ4n) is 0.642. The van der Waals surface area contributed by atoms with Crippen LogP contribution in [0.3, 0.4) is 0 Å². The van der Waals surface area contributed by atoms with E-state index >= 15 is 0 Å². The first-order valence-electron chi connectivity index (χ1n) is 2.66. The zero-order valence-corrected chi connectivity index (χ0v) is 4.87. The van der Waals surface area contributed by atoms with Gasteiger partial charge in [-0.1, -0.05) is 0 Å². The second kappa shape index (κ2) is 2.44. The Balaban J connectivity index is 2.88. The van der Waals surface area contributed by atoms with Gasteiger partial charge in [-0.2, -0.15) is 0 Å². The minimum atomic E-state index is -2.01. The summed E-state index contributed by atoms with van der Waals surface area (Å²) in [5, 5.41) is 0. The van der Waals surface area contributed by atoms with E-state index in [0.717, 1.165) is 0 Å². The summed E-state index contributed by atoms with van der Waals surface area (Å²) >= 11 is 0. The predicted molar refractivity (Wildman–Crippen MR) is 27.9 cm³/mol. The molecule has 1 atom stereocenters. The molecule has 4 heteroatoms. The molecule has 0 aromatic rings. The fraction of sp³-hybridized carbons (Fsp3) is 0.333. The van der Waals surface area contributed by atoms with Gasteiger partial charge in [0.25, 0.3) is 0 Å². The standard InChI is InChI=1S/C6H4F4/c7-3-1-4(8)6(10)2-5(3)9/h1,5H,2H2/t5-/m1/s1. The summed E-state index contributed by atoms with van der Waals surface area (Å²) in [7, 11) is 0. The Kier molecular flexibility index (Phi) is 1.78. The van der Waals surface area contributed by atoms with Gasteiger partial charge in [0.2, 0.25) is 0 Å². The highest BCUT2D eigenvalue weighted by atomic mass is 19.2. The first-order valence-corrected chi connectivity index (χ1v) is 2.66. The van der Waals surface area contributed by atoms with Crippen LogP contribution in [0.1, 0.15) is 6.42 Å². The van der Waals surface area contributed by atoms with Crippen LogP contribution in [0.15, 0.2) is 23.6 Å². The molecule has 0 saturated heterocycles. The maximum atomic E-state index is 12.1. The first kappa shape index (κ1) is 7.31. The Bertz CT molecular complexity index is 204. The normalized spacial score (nSPS) is 26.8. The van der Waals surface area contributed by atoms with Crippen molar-refractivity contribution >= 4 is 0 Å². The van der Waals surface area contributed by atoms with Gasteiger partial charge in [-0.3, -0.25) is 0 Å². The molecule has 0 unspecified atom stereocenters. The molecule has 0 saturated carbocycles. The van der Waals surface area contributed by atoms with Crippen LogP contribution in [0.2, 0.25) is 0 Å². The van der Waals surface area contributed by atoms with Crippen molar-refractivity contribution in [2.24, 2.45) is 0 Å². The second-order valence-electron chi connectivity index (χ2n) is 1.95. The lowest BCUT2D eigenvalue weighted by Gasteiger charge is -2.08. The molecule has 10 heavy (non-hydrogen) atoms. The minimum Gasteiger partial charge on any atom is -0.239 e. The lowest BCUT2D eigenvalue weighted by molar-refractivity contribution is 0.294. The van der Waals surface area contributed by atoms with Crippen molar-refractivity contribution < 1.29 is 17.6 Å². The molecule has 56 valence electrons. The van der Waals surface area contributed by atoms with Crippen molar-refractivity contribution in [2.75, 3.05) is 0 Å². The largest absolute Gasteiger partial charge is 0.239 e. The van der Waals surface area contributed by atoms with E-state index in [-0.39, 0.29) is 6.08 Å². The van der Waals surface area contributed by atoms with Crippen molar-refractivity contribution in [1.29, 1.82) is 0 Å². The zero-order valence-electron chi connectivity index (χ0n) is 4.87. The Morgan fingerprint density at radius 1 is 1.30 bits per heavy atom. The smallest absolute Gasteiger partial charge is 0.158 e. The third-order valence-corrected chi connectivity index (χ3v) is 1.18. The van der Waals surface area contributed by atoms with E-state index in [2.05, 4.69) is 0 Å². The van der Waals surface area contributed by atoms with Crippen molar-refractivity contribution in [3.63, 3.8) is 0 Å². The van der Waals surface area contributed by atoms with E-state index in [1.165, 1.54) is 0 Å². The van der Waals surface area contributed by atoms with Gasteiger partial charge in [-0.05, 0) is 0 Å². The van der Waals surface area contributed by atoms with E-state index in [1.807, 2.05) is 0 Å². The fourth-order valence-corrected chi connectivity index (χ4v) is 0.642. The highest BCUT2D eigenvalue weighted by Gasteiger charge is 2.23. The van der Waals surface area contributed by atoms with E-state index in [0.29, 0.717) is 0 Å². The van der Waals surface area contributed by atoms with E-state index in [4.69, 9.17) is 0 Å². The minimum absolute atomic E-state index is 0.226. The topological polar surface area (TPSA) is 0 Å². The number of rotatable bonds is 0. The van der Waals surface area contributed by atoms with E-state index in [1.54, 1.807) is 0 Å². The molecule has 1 rings (SSSR count). The summed E-state index contributed by atoms with van der Waals surface area (Å²) in [5.74, 6) is -3.79. The van der Waals surface area contributed by atoms with Crippen LogP contribution in [0.5, 0.6) is 0 Å². The molecule has 0 nitrogen and oxygen atoms in total. The van der Waals surface area contributed by atoms with Crippen molar-refractivity contribution in [1.82, 2.24) is 0 Å². The molecule has 0 aromatic carbocycles. The van der Waals surface area contributed by atoms with Gasteiger partial charge in [0, 0.05) is 12.5 Å². The van der Waals surface area contributed by atoms with E-state index in [9.17, 15) is 17.6 Å². The highest BCUT2D eigenvalue weighted by molar-refractivity contribution is 5.25. The molecule has 1 aliphatic carbocycles. The molecule has 0 aliphatic heterocycles. The second-order valence-corrected chi connectivity index (χ2v) is 1.95. The summed E-state index contributed by atoms with van der Waals surface area (Å²) in [4.78, 5) is 0. The van der Waals surface area contributed by atoms with Crippen LogP contribution >= 0.6 is 0 Å². The summed E-state index contributed by atoms with van der Waals surface area (Å²) in [6.45, 7) is 0. The number of halogens is 4. The van der Waals surface area contributed by atoms with Crippen LogP contribution in [0.4, 0.5) is 17.6 Å². The van der Waals surface area contributed by atoms with Gasteiger partial charge in [-0.25, -0.2) is 17.6 Å². The Labute approximate surface area is 54.8 Å². The van der Waals surface area contributed by atoms with Gasteiger partial charge < -0.3 is 0 Å². The van der Waals surface area contributed by atoms with Gasteiger partial charge in [0.15, 0.2) is 12.0 Å². The van der Waals surface area contributed by atoms with Crippen molar-refractivity contribution in [2.45, 2.75) is 12.6 Å². The predicted octanol–water partition coefficient (Wildman–Crippen LogP) is 2.73. The van der Waals surface area contributed by atoms with Crippen LogP contribution in [-0.2, 0) is 0 Å². The Morgan fingerprint density at radius 2 is 1.90 bits per heavy atom. The maximum Gasteiger partial charge on any atom is 0.158 e. The molecular weight excluding hydrogens is 148 g/mol. The third kappa shape index (κ3) is 1.20. The molecule has 0 bridgehead atoms. The number of allylic oxidation sites excluding steroid dienone is 4. The number of alkyl halides is 1. The average molecular weight is 152 g/mol. The molecule has 1 aliphatic rings. The van der Waals surface area contributed by atoms with Gasteiger partial charge >= 0.3 is 0 Å². The van der Waals surface area contributed by atoms with Gasteiger partial charge in [-0.15, -0.1) is 0 Å². The maximum absolute atomic E-state index is 12.1. The summed E-state index contributed by atoms with van der Waals surface area (Å²) in [6.07, 6.45) is -2.61. The van der Waals surface area contributed by atoms with Crippen LogP contribution < -0.4 is 0 Å². The Morgan fingerprint density at radius 3 is 2.40 bits per heavy atom.